The van der Waals surface area contributed by atoms with E-state index in [1.165, 1.54) is 0 Å². The van der Waals surface area contributed by atoms with E-state index < -0.39 is 11.0 Å². The van der Waals surface area contributed by atoms with E-state index in [0.717, 1.165) is 16.5 Å². The highest BCUT2D eigenvalue weighted by molar-refractivity contribution is 7.85. The largest absolute Gasteiger partial charge is 0.268 e. The third-order valence-electron chi connectivity index (χ3n) is 2.59. The van der Waals surface area contributed by atoms with Crippen molar-refractivity contribution in [3.05, 3.63) is 30.0 Å². The summed E-state index contributed by atoms with van der Waals surface area (Å²) in [5.74, 6) is 0. The van der Waals surface area contributed by atoms with Gasteiger partial charge in [-0.1, -0.05) is 6.07 Å². The first-order valence-electron chi connectivity index (χ1n) is 5.76. The van der Waals surface area contributed by atoms with E-state index in [-0.39, 0.29) is 4.75 Å². The standard InChI is InChI=1S/C13H17N3OS/c1-13(2,3)18(17)15-8-10-5-6-12-11(7-10)9-14-16(12)4/h5-9H,1-4H3/b15-8+/t18-/m1/s1. The van der Waals surface area contributed by atoms with Crippen LogP contribution in [0.2, 0.25) is 0 Å². The zero-order valence-electron chi connectivity index (χ0n) is 11.0. The number of rotatable bonds is 2. The maximum atomic E-state index is 11.8. The molecular weight excluding hydrogens is 246 g/mol. The monoisotopic (exact) mass is 263 g/mol. The quantitative estimate of drug-likeness (QED) is 0.781. The minimum Gasteiger partial charge on any atom is -0.268 e. The van der Waals surface area contributed by atoms with E-state index in [1.54, 1.807) is 6.21 Å². The van der Waals surface area contributed by atoms with Crippen LogP contribution in [0, 0.1) is 0 Å². The zero-order chi connectivity index (χ0) is 13.3. The van der Waals surface area contributed by atoms with Crippen molar-refractivity contribution in [2.75, 3.05) is 0 Å². The van der Waals surface area contributed by atoms with Crippen LogP contribution in [0.3, 0.4) is 0 Å². The topological polar surface area (TPSA) is 47.2 Å². The van der Waals surface area contributed by atoms with E-state index in [0.29, 0.717) is 0 Å². The van der Waals surface area contributed by atoms with Gasteiger partial charge in [0.2, 0.25) is 0 Å². The highest BCUT2D eigenvalue weighted by Gasteiger charge is 2.18. The first-order valence-corrected chi connectivity index (χ1v) is 6.86. The number of fused-ring (bicyclic) bond motifs is 1. The fourth-order valence-corrected chi connectivity index (χ4v) is 2.06. The second-order valence-corrected chi connectivity index (χ2v) is 7.12. The Kier molecular flexibility index (Phi) is 3.34. The van der Waals surface area contributed by atoms with Crippen LogP contribution in [0.1, 0.15) is 26.3 Å². The molecule has 2 aromatic rings. The molecule has 1 aromatic heterocycles. The second kappa shape index (κ2) is 4.65. The van der Waals surface area contributed by atoms with Crippen molar-refractivity contribution < 1.29 is 4.21 Å². The number of aromatic nitrogens is 2. The molecule has 0 saturated heterocycles. The molecule has 0 fully saturated rings. The number of benzene rings is 1. The second-order valence-electron chi connectivity index (χ2n) is 5.18. The maximum absolute atomic E-state index is 11.8. The summed E-state index contributed by atoms with van der Waals surface area (Å²) in [5.41, 5.74) is 2.01. The Morgan fingerprint density at radius 2 is 2.11 bits per heavy atom. The average molecular weight is 263 g/mol. The Bertz CT molecular complexity index is 623. The molecule has 0 radical (unpaired) electrons. The summed E-state index contributed by atoms with van der Waals surface area (Å²) in [7, 11) is 0.690. The van der Waals surface area contributed by atoms with Gasteiger partial charge in [-0.2, -0.15) is 9.50 Å². The third-order valence-corrected chi connectivity index (χ3v) is 3.94. The van der Waals surface area contributed by atoms with Gasteiger partial charge >= 0.3 is 0 Å². The Morgan fingerprint density at radius 3 is 2.78 bits per heavy atom. The van der Waals surface area contributed by atoms with Gasteiger partial charge < -0.3 is 0 Å². The predicted molar refractivity (Wildman–Crippen MR) is 76.2 cm³/mol. The summed E-state index contributed by atoms with van der Waals surface area (Å²) in [6.45, 7) is 5.72. The molecule has 1 heterocycles. The molecule has 1 atom stereocenters. The minimum absolute atomic E-state index is 0.325. The summed E-state index contributed by atoms with van der Waals surface area (Å²) in [6.07, 6.45) is 3.47. The summed E-state index contributed by atoms with van der Waals surface area (Å²) >= 11 is 0. The van der Waals surface area contributed by atoms with Crippen LogP contribution in [0.25, 0.3) is 10.9 Å². The first-order chi connectivity index (χ1) is 8.38. The van der Waals surface area contributed by atoms with Crippen molar-refractivity contribution in [2.24, 2.45) is 11.4 Å². The van der Waals surface area contributed by atoms with Crippen molar-refractivity contribution in [3.63, 3.8) is 0 Å². The Balaban J connectivity index is 2.27. The lowest BCUT2D eigenvalue weighted by Gasteiger charge is -2.12. The van der Waals surface area contributed by atoms with Crippen molar-refractivity contribution in [3.8, 4) is 0 Å². The SMILES string of the molecule is Cn1ncc2cc(/C=N/[S@](=O)C(C)(C)C)ccc21. The van der Waals surface area contributed by atoms with Crippen LogP contribution in [0.4, 0.5) is 0 Å². The lowest BCUT2D eigenvalue weighted by Crippen LogP contribution is -2.19. The van der Waals surface area contributed by atoms with Gasteiger partial charge in [-0.05, 0) is 38.5 Å². The normalized spacial score (nSPS) is 14.4. The van der Waals surface area contributed by atoms with Crippen molar-refractivity contribution in [1.29, 1.82) is 0 Å². The zero-order valence-corrected chi connectivity index (χ0v) is 11.9. The molecule has 0 spiro atoms. The lowest BCUT2D eigenvalue weighted by molar-refractivity contribution is 0.651. The fraction of sp³-hybridized carbons (Fsp3) is 0.385. The third kappa shape index (κ3) is 2.67. The van der Waals surface area contributed by atoms with E-state index in [4.69, 9.17) is 0 Å². The predicted octanol–water partition coefficient (Wildman–Crippen LogP) is 2.45. The molecule has 0 unspecified atom stereocenters. The van der Waals surface area contributed by atoms with Gasteiger partial charge in [0.1, 0.15) is 11.0 Å². The molecular formula is C13H17N3OS. The first kappa shape index (κ1) is 13.0. The van der Waals surface area contributed by atoms with Gasteiger partial charge in [0.05, 0.1) is 16.5 Å². The van der Waals surface area contributed by atoms with Crippen LogP contribution >= 0.6 is 0 Å². The molecule has 0 aliphatic carbocycles. The number of aryl methyl sites for hydroxylation is 1. The maximum Gasteiger partial charge on any atom is 0.144 e. The Labute approximate surface area is 109 Å². The average Bonchev–Trinajstić information content (AvgIpc) is 2.66. The summed E-state index contributed by atoms with van der Waals surface area (Å²) in [4.78, 5) is 0. The summed E-state index contributed by atoms with van der Waals surface area (Å²) < 4.78 is 17.4. The van der Waals surface area contributed by atoms with Crippen LogP contribution in [0.15, 0.2) is 28.8 Å². The van der Waals surface area contributed by atoms with Crippen molar-refractivity contribution >= 4 is 28.1 Å². The van der Waals surface area contributed by atoms with E-state index >= 15 is 0 Å². The molecule has 18 heavy (non-hydrogen) atoms. The number of nitrogens with zero attached hydrogens (tertiary/aromatic N) is 3. The molecule has 1 aromatic carbocycles. The highest BCUT2D eigenvalue weighted by Crippen LogP contribution is 2.15. The number of hydrogen-bond acceptors (Lipinski definition) is 2. The van der Waals surface area contributed by atoms with Gasteiger partial charge in [0.15, 0.2) is 0 Å². The molecule has 0 amide bonds. The Hall–Kier alpha value is -1.49. The van der Waals surface area contributed by atoms with Crippen LogP contribution in [0.5, 0.6) is 0 Å². The van der Waals surface area contributed by atoms with E-state index in [9.17, 15) is 4.21 Å². The molecule has 0 bridgehead atoms. The summed E-state index contributed by atoms with van der Waals surface area (Å²) in [6, 6.07) is 5.93. The van der Waals surface area contributed by atoms with Gasteiger partial charge in [-0.15, -0.1) is 0 Å². The van der Waals surface area contributed by atoms with Crippen LogP contribution in [-0.2, 0) is 18.0 Å². The van der Waals surface area contributed by atoms with Gasteiger partial charge in [0.25, 0.3) is 0 Å². The van der Waals surface area contributed by atoms with Crippen molar-refractivity contribution in [2.45, 2.75) is 25.5 Å². The fourth-order valence-electron chi connectivity index (χ4n) is 1.53. The molecule has 0 aliphatic rings. The molecule has 4 nitrogen and oxygen atoms in total. The van der Waals surface area contributed by atoms with E-state index in [1.807, 2.05) is 56.9 Å². The molecule has 96 valence electrons. The minimum atomic E-state index is -1.22. The van der Waals surface area contributed by atoms with Gasteiger partial charge in [-0.3, -0.25) is 4.68 Å². The van der Waals surface area contributed by atoms with Crippen LogP contribution in [-0.4, -0.2) is 25.0 Å². The highest BCUT2D eigenvalue weighted by atomic mass is 32.2. The molecule has 2 rings (SSSR count). The molecule has 0 aliphatic heterocycles. The smallest absolute Gasteiger partial charge is 0.144 e. The Morgan fingerprint density at radius 1 is 1.39 bits per heavy atom. The van der Waals surface area contributed by atoms with Gasteiger partial charge in [-0.25, -0.2) is 4.21 Å². The van der Waals surface area contributed by atoms with Gasteiger partial charge in [0, 0.05) is 18.6 Å². The molecule has 0 N–H and O–H groups in total. The number of hydrogen-bond donors (Lipinski definition) is 0. The molecule has 0 saturated carbocycles. The lowest BCUT2D eigenvalue weighted by atomic mass is 10.2. The van der Waals surface area contributed by atoms with Crippen LogP contribution < -0.4 is 0 Å². The summed E-state index contributed by atoms with van der Waals surface area (Å²) in [5, 5.41) is 5.24. The van der Waals surface area contributed by atoms with Crippen molar-refractivity contribution in [1.82, 2.24) is 9.78 Å². The van der Waals surface area contributed by atoms with E-state index in [2.05, 4.69) is 9.50 Å². The molecule has 5 heteroatoms.